The van der Waals surface area contributed by atoms with Gasteiger partial charge in [0.05, 0.1) is 11.9 Å². The van der Waals surface area contributed by atoms with Gasteiger partial charge in [0.25, 0.3) is 5.91 Å². The molecule has 1 aliphatic rings. The molecule has 0 saturated carbocycles. The third-order valence-corrected chi connectivity index (χ3v) is 4.73. The second-order valence-corrected chi connectivity index (χ2v) is 6.46. The van der Waals surface area contributed by atoms with E-state index in [1.807, 2.05) is 35.2 Å². The van der Waals surface area contributed by atoms with Crippen molar-refractivity contribution in [3.63, 3.8) is 0 Å². The average Bonchev–Trinajstić information content (AvgIpc) is 2.64. The quantitative estimate of drug-likeness (QED) is 0.849. The zero-order valence-corrected chi connectivity index (χ0v) is 14.5. The van der Waals surface area contributed by atoms with Crippen LogP contribution in [0.15, 0.2) is 48.7 Å². The van der Waals surface area contributed by atoms with Gasteiger partial charge in [-0.2, -0.15) is 0 Å². The van der Waals surface area contributed by atoms with E-state index in [1.54, 1.807) is 6.20 Å². The van der Waals surface area contributed by atoms with E-state index in [9.17, 15) is 4.79 Å². The van der Waals surface area contributed by atoms with Crippen LogP contribution in [0.2, 0.25) is 0 Å². The molecule has 0 atom stereocenters. The van der Waals surface area contributed by atoms with Gasteiger partial charge in [-0.15, -0.1) is 0 Å². The molecule has 0 radical (unpaired) electrons. The molecule has 1 saturated heterocycles. The summed E-state index contributed by atoms with van der Waals surface area (Å²) >= 11 is 0. The van der Waals surface area contributed by atoms with Gasteiger partial charge in [0, 0.05) is 25.3 Å². The zero-order valence-electron chi connectivity index (χ0n) is 14.5. The first-order valence-electron chi connectivity index (χ1n) is 8.77. The van der Waals surface area contributed by atoms with Crippen molar-refractivity contribution in [3.8, 4) is 0 Å². The number of anilines is 2. The van der Waals surface area contributed by atoms with Gasteiger partial charge in [-0.3, -0.25) is 4.79 Å². The molecular formula is C20H25N3O. The number of hydrogen-bond acceptors (Lipinski definition) is 3. The topological polar surface area (TPSA) is 36.4 Å². The van der Waals surface area contributed by atoms with Crippen molar-refractivity contribution in [2.75, 3.05) is 24.5 Å². The highest BCUT2D eigenvalue weighted by atomic mass is 16.2. The predicted molar refractivity (Wildman–Crippen MR) is 97.7 cm³/mol. The van der Waals surface area contributed by atoms with Crippen LogP contribution in [-0.2, 0) is 0 Å². The molecule has 0 spiro atoms. The van der Waals surface area contributed by atoms with Gasteiger partial charge in [-0.1, -0.05) is 25.1 Å². The zero-order chi connectivity index (χ0) is 16.9. The Labute approximate surface area is 144 Å². The van der Waals surface area contributed by atoms with Gasteiger partial charge in [-0.05, 0) is 49.9 Å². The Balaban J connectivity index is 1.74. The van der Waals surface area contributed by atoms with Gasteiger partial charge in [0.15, 0.2) is 0 Å². The van der Waals surface area contributed by atoms with Crippen molar-refractivity contribution in [1.29, 1.82) is 0 Å². The fraction of sp³-hybridized carbons (Fsp3) is 0.400. The van der Waals surface area contributed by atoms with Gasteiger partial charge in [0.1, 0.15) is 5.69 Å². The summed E-state index contributed by atoms with van der Waals surface area (Å²) in [4.78, 5) is 21.1. The number of para-hydroxylation sites is 1. The smallest absolute Gasteiger partial charge is 0.272 e. The molecule has 0 unspecified atom stereocenters. The van der Waals surface area contributed by atoms with Gasteiger partial charge in [-0.25, -0.2) is 4.98 Å². The average molecular weight is 323 g/mol. The van der Waals surface area contributed by atoms with Crippen molar-refractivity contribution >= 4 is 17.3 Å². The Morgan fingerprint density at radius 3 is 2.42 bits per heavy atom. The molecule has 3 rings (SSSR count). The number of rotatable bonds is 4. The van der Waals surface area contributed by atoms with Crippen molar-refractivity contribution in [2.45, 2.75) is 26.7 Å². The molecule has 1 aliphatic heterocycles. The van der Waals surface area contributed by atoms with E-state index >= 15 is 0 Å². The van der Waals surface area contributed by atoms with Crippen LogP contribution in [0.5, 0.6) is 0 Å². The first kappa shape index (κ1) is 16.5. The number of amides is 1. The van der Waals surface area contributed by atoms with Crippen LogP contribution in [0, 0.1) is 5.92 Å². The third kappa shape index (κ3) is 3.58. The van der Waals surface area contributed by atoms with Crippen molar-refractivity contribution in [2.24, 2.45) is 5.92 Å². The third-order valence-electron chi connectivity index (χ3n) is 4.73. The van der Waals surface area contributed by atoms with Crippen LogP contribution in [0.1, 0.15) is 37.2 Å². The van der Waals surface area contributed by atoms with E-state index in [2.05, 4.69) is 35.9 Å². The summed E-state index contributed by atoms with van der Waals surface area (Å²) in [5.74, 6) is 0.768. The molecule has 1 aromatic carbocycles. The Morgan fingerprint density at radius 1 is 1.12 bits per heavy atom. The highest BCUT2D eigenvalue weighted by molar-refractivity contribution is 5.92. The fourth-order valence-corrected chi connectivity index (χ4v) is 3.17. The number of aromatic nitrogens is 1. The number of piperidine rings is 1. The predicted octanol–water partition coefficient (Wildman–Crippen LogP) is 4.11. The molecule has 24 heavy (non-hydrogen) atoms. The molecule has 0 bridgehead atoms. The van der Waals surface area contributed by atoms with E-state index < -0.39 is 0 Å². The van der Waals surface area contributed by atoms with Crippen molar-refractivity contribution < 1.29 is 4.79 Å². The number of benzene rings is 1. The fourth-order valence-electron chi connectivity index (χ4n) is 3.17. The molecule has 1 aromatic heterocycles. The lowest BCUT2D eigenvalue weighted by Gasteiger charge is -2.30. The van der Waals surface area contributed by atoms with E-state index in [0.29, 0.717) is 11.6 Å². The monoisotopic (exact) mass is 323 g/mol. The minimum Gasteiger partial charge on any atom is -0.341 e. The summed E-state index contributed by atoms with van der Waals surface area (Å²) in [6, 6.07) is 14.1. The normalized spacial score (nSPS) is 15.3. The van der Waals surface area contributed by atoms with Gasteiger partial charge >= 0.3 is 0 Å². The second-order valence-electron chi connectivity index (χ2n) is 6.46. The maximum Gasteiger partial charge on any atom is 0.272 e. The summed E-state index contributed by atoms with van der Waals surface area (Å²) in [6.07, 6.45) is 3.97. The number of nitrogens with zero attached hydrogens (tertiary/aromatic N) is 3. The molecule has 4 heteroatoms. The molecule has 2 heterocycles. The Bertz CT molecular complexity index is 661. The van der Waals surface area contributed by atoms with Crippen LogP contribution in [0.25, 0.3) is 0 Å². The first-order chi connectivity index (χ1) is 11.7. The maximum absolute atomic E-state index is 12.6. The second kappa shape index (κ2) is 7.47. The van der Waals surface area contributed by atoms with Gasteiger partial charge in [0.2, 0.25) is 0 Å². The lowest BCUT2D eigenvalue weighted by molar-refractivity contribution is 0.0691. The standard InChI is InChI=1S/C20H25N3O/c1-3-23(17-7-5-4-6-8-17)18-9-10-19(21-15-18)20(24)22-13-11-16(2)12-14-22/h4-10,15-16H,3,11-14H2,1-2H3. The van der Waals surface area contributed by atoms with Crippen LogP contribution in [0.4, 0.5) is 11.4 Å². The molecule has 126 valence electrons. The van der Waals surface area contributed by atoms with Crippen molar-refractivity contribution in [3.05, 3.63) is 54.4 Å². The largest absolute Gasteiger partial charge is 0.341 e. The summed E-state index contributed by atoms with van der Waals surface area (Å²) in [5.41, 5.74) is 2.68. The summed E-state index contributed by atoms with van der Waals surface area (Å²) in [6.45, 7) is 6.89. The molecule has 1 amide bonds. The Kier molecular flexibility index (Phi) is 5.14. The number of carbonyl (C=O) groups is 1. The lowest BCUT2D eigenvalue weighted by Crippen LogP contribution is -2.38. The van der Waals surface area contributed by atoms with E-state index in [4.69, 9.17) is 0 Å². The summed E-state index contributed by atoms with van der Waals surface area (Å²) in [7, 11) is 0. The van der Waals surface area contributed by atoms with E-state index in [0.717, 1.165) is 43.9 Å². The minimum absolute atomic E-state index is 0.0520. The molecule has 4 nitrogen and oxygen atoms in total. The lowest BCUT2D eigenvalue weighted by atomic mass is 9.99. The number of likely N-dealkylation sites (tertiary alicyclic amines) is 1. The molecule has 0 N–H and O–H groups in total. The molecule has 1 fully saturated rings. The van der Waals surface area contributed by atoms with Crippen LogP contribution >= 0.6 is 0 Å². The van der Waals surface area contributed by atoms with E-state index in [-0.39, 0.29) is 5.91 Å². The summed E-state index contributed by atoms with van der Waals surface area (Å²) in [5, 5.41) is 0. The van der Waals surface area contributed by atoms with Crippen molar-refractivity contribution in [1.82, 2.24) is 9.88 Å². The van der Waals surface area contributed by atoms with Crippen LogP contribution in [0.3, 0.4) is 0 Å². The Morgan fingerprint density at radius 2 is 1.83 bits per heavy atom. The highest BCUT2D eigenvalue weighted by Gasteiger charge is 2.22. The molecule has 0 aliphatic carbocycles. The van der Waals surface area contributed by atoms with Crippen LogP contribution in [-0.4, -0.2) is 35.4 Å². The Hall–Kier alpha value is -2.36. The summed E-state index contributed by atoms with van der Waals surface area (Å²) < 4.78 is 0. The molecule has 2 aromatic rings. The maximum atomic E-state index is 12.6. The number of carbonyl (C=O) groups excluding carboxylic acids is 1. The highest BCUT2D eigenvalue weighted by Crippen LogP contribution is 2.24. The van der Waals surface area contributed by atoms with Crippen LogP contribution < -0.4 is 4.90 Å². The molecular weight excluding hydrogens is 298 g/mol. The number of pyridine rings is 1. The first-order valence-corrected chi connectivity index (χ1v) is 8.77. The van der Waals surface area contributed by atoms with Gasteiger partial charge < -0.3 is 9.80 Å². The van der Waals surface area contributed by atoms with E-state index in [1.165, 1.54) is 0 Å². The minimum atomic E-state index is 0.0520. The SMILES string of the molecule is CCN(c1ccccc1)c1ccc(C(=O)N2CCC(C)CC2)nc1. The number of hydrogen-bond donors (Lipinski definition) is 0.